The minimum absolute atomic E-state index is 0.812. The van der Waals surface area contributed by atoms with E-state index in [1.165, 1.54) is 75.1 Å². The molecule has 2 unspecified atom stereocenters. The van der Waals surface area contributed by atoms with Crippen LogP contribution in [0.25, 0.3) is 0 Å². The van der Waals surface area contributed by atoms with Crippen LogP contribution in [0, 0.1) is 6.92 Å². The highest BCUT2D eigenvalue weighted by Crippen LogP contribution is 2.37. The molecule has 0 saturated carbocycles. The summed E-state index contributed by atoms with van der Waals surface area (Å²) in [5.74, 6) is 2.21. The molecule has 5 heteroatoms. The van der Waals surface area contributed by atoms with Crippen LogP contribution >= 0.6 is 0 Å². The highest BCUT2D eigenvalue weighted by Gasteiger charge is 2.41. The van der Waals surface area contributed by atoms with Gasteiger partial charge in [-0.05, 0) is 65.3 Å². The maximum Gasteiger partial charge on any atom is 0.135 e. The molecule has 1 aromatic rings. The standard InChI is InChI=1S/C21H33N5/c1-15-22-20-6-4-3-5-19(20)21(23-15)26-11-9-25(10-12-26)18-13-16-7-8-17(14-18)24(16)2/h16-18H,3-14H2,1-2H3. The molecule has 0 radical (unpaired) electrons. The van der Waals surface area contributed by atoms with E-state index >= 15 is 0 Å². The average Bonchev–Trinajstić information content (AvgIpc) is 2.88. The predicted octanol–water partition coefficient (Wildman–Crippen LogP) is 2.41. The van der Waals surface area contributed by atoms with Crippen molar-refractivity contribution in [1.29, 1.82) is 0 Å². The number of aryl methyl sites for hydroxylation is 2. The van der Waals surface area contributed by atoms with Gasteiger partial charge in [0.05, 0.1) is 0 Å². The van der Waals surface area contributed by atoms with Crippen molar-refractivity contribution in [2.24, 2.45) is 0 Å². The normalized spacial score (nSPS) is 32.7. The molecule has 0 N–H and O–H groups in total. The van der Waals surface area contributed by atoms with E-state index in [2.05, 4.69) is 28.7 Å². The van der Waals surface area contributed by atoms with Crippen molar-refractivity contribution < 1.29 is 0 Å². The SMILES string of the molecule is Cc1nc2c(c(N3CCN(C4CC5CCC(C4)N5C)CC3)n1)CCCC2. The number of piperazine rings is 1. The van der Waals surface area contributed by atoms with Crippen molar-refractivity contribution in [1.82, 2.24) is 19.8 Å². The molecule has 1 aromatic heterocycles. The number of hydrogen-bond acceptors (Lipinski definition) is 5. The van der Waals surface area contributed by atoms with Crippen molar-refractivity contribution >= 4 is 5.82 Å². The maximum atomic E-state index is 4.88. The quantitative estimate of drug-likeness (QED) is 0.814. The van der Waals surface area contributed by atoms with E-state index in [4.69, 9.17) is 9.97 Å². The summed E-state index contributed by atoms with van der Waals surface area (Å²) in [6.45, 7) is 6.72. The van der Waals surface area contributed by atoms with Crippen LogP contribution in [-0.4, -0.2) is 71.1 Å². The molecular weight excluding hydrogens is 322 g/mol. The first kappa shape index (κ1) is 16.9. The molecule has 1 aliphatic carbocycles. The Bertz CT molecular complexity index is 653. The lowest BCUT2D eigenvalue weighted by Gasteiger charge is -2.45. The summed E-state index contributed by atoms with van der Waals surface area (Å²) in [7, 11) is 2.34. The zero-order valence-electron chi connectivity index (χ0n) is 16.5. The summed E-state index contributed by atoms with van der Waals surface area (Å²) in [5.41, 5.74) is 2.78. The molecule has 0 aromatic carbocycles. The number of piperidine rings is 1. The highest BCUT2D eigenvalue weighted by atomic mass is 15.3. The molecule has 3 aliphatic heterocycles. The predicted molar refractivity (Wildman–Crippen MR) is 105 cm³/mol. The van der Waals surface area contributed by atoms with Gasteiger partial charge in [0.1, 0.15) is 11.6 Å². The van der Waals surface area contributed by atoms with Crippen molar-refractivity contribution in [3.05, 3.63) is 17.1 Å². The van der Waals surface area contributed by atoms with Gasteiger partial charge in [0, 0.05) is 55.6 Å². The van der Waals surface area contributed by atoms with E-state index in [0.717, 1.165) is 43.5 Å². The first-order valence-corrected chi connectivity index (χ1v) is 10.8. The topological polar surface area (TPSA) is 35.5 Å². The van der Waals surface area contributed by atoms with Gasteiger partial charge in [-0.15, -0.1) is 0 Å². The van der Waals surface area contributed by atoms with Gasteiger partial charge in [0.15, 0.2) is 0 Å². The molecule has 2 bridgehead atoms. The second kappa shape index (κ2) is 6.75. The fourth-order valence-electron chi connectivity index (χ4n) is 5.94. The van der Waals surface area contributed by atoms with Gasteiger partial charge >= 0.3 is 0 Å². The molecule has 0 amide bonds. The van der Waals surface area contributed by atoms with Crippen LogP contribution in [0.1, 0.15) is 55.6 Å². The second-order valence-electron chi connectivity index (χ2n) is 8.93. The van der Waals surface area contributed by atoms with E-state index in [0.29, 0.717) is 0 Å². The summed E-state index contributed by atoms with van der Waals surface area (Å²) in [5, 5.41) is 0. The Morgan fingerprint density at radius 3 is 2.27 bits per heavy atom. The highest BCUT2D eigenvalue weighted by molar-refractivity contribution is 5.50. The van der Waals surface area contributed by atoms with E-state index in [1.54, 1.807) is 0 Å². The molecule has 3 saturated heterocycles. The van der Waals surface area contributed by atoms with Crippen LogP contribution in [0.2, 0.25) is 0 Å². The molecule has 3 fully saturated rings. The van der Waals surface area contributed by atoms with Crippen LogP contribution in [0.3, 0.4) is 0 Å². The molecule has 2 atom stereocenters. The molecule has 0 spiro atoms. The summed E-state index contributed by atoms with van der Waals surface area (Å²) >= 11 is 0. The van der Waals surface area contributed by atoms with E-state index in [9.17, 15) is 0 Å². The van der Waals surface area contributed by atoms with Crippen LogP contribution < -0.4 is 4.90 Å². The average molecular weight is 356 g/mol. The van der Waals surface area contributed by atoms with Crippen LogP contribution in [0.4, 0.5) is 5.82 Å². The first-order chi connectivity index (χ1) is 12.7. The number of nitrogens with zero attached hydrogens (tertiary/aromatic N) is 5. The van der Waals surface area contributed by atoms with Gasteiger partial charge in [0.2, 0.25) is 0 Å². The Hall–Kier alpha value is -1.20. The fourth-order valence-corrected chi connectivity index (χ4v) is 5.94. The van der Waals surface area contributed by atoms with Gasteiger partial charge in [-0.3, -0.25) is 4.90 Å². The third-order valence-electron chi connectivity index (χ3n) is 7.48. The van der Waals surface area contributed by atoms with E-state index in [1.807, 2.05) is 0 Å². The smallest absolute Gasteiger partial charge is 0.135 e. The van der Waals surface area contributed by atoms with Crippen molar-refractivity contribution in [3.63, 3.8) is 0 Å². The summed E-state index contributed by atoms with van der Waals surface area (Å²) < 4.78 is 0. The lowest BCUT2D eigenvalue weighted by atomic mass is 9.95. The first-order valence-electron chi connectivity index (χ1n) is 10.8. The monoisotopic (exact) mass is 355 g/mol. The third-order valence-corrected chi connectivity index (χ3v) is 7.48. The molecule has 4 aliphatic rings. The molecule has 5 nitrogen and oxygen atoms in total. The number of aromatic nitrogens is 2. The molecule has 142 valence electrons. The number of rotatable bonds is 2. The fraction of sp³-hybridized carbons (Fsp3) is 0.810. The van der Waals surface area contributed by atoms with Crippen molar-refractivity contribution in [2.45, 2.75) is 76.4 Å². The Balaban J connectivity index is 1.27. The maximum absolute atomic E-state index is 4.88. The van der Waals surface area contributed by atoms with Crippen molar-refractivity contribution in [2.75, 3.05) is 38.1 Å². The van der Waals surface area contributed by atoms with Gasteiger partial charge < -0.3 is 9.80 Å². The minimum Gasteiger partial charge on any atom is -0.354 e. The Labute approximate surface area is 157 Å². The molecular formula is C21H33N5. The molecule has 4 heterocycles. The minimum atomic E-state index is 0.812. The number of fused-ring (bicyclic) bond motifs is 3. The largest absolute Gasteiger partial charge is 0.354 e. The number of hydrogen-bond donors (Lipinski definition) is 0. The second-order valence-corrected chi connectivity index (χ2v) is 8.93. The lowest BCUT2D eigenvalue weighted by molar-refractivity contribution is 0.0718. The third kappa shape index (κ3) is 2.93. The van der Waals surface area contributed by atoms with Crippen LogP contribution in [-0.2, 0) is 12.8 Å². The van der Waals surface area contributed by atoms with Gasteiger partial charge in [-0.1, -0.05) is 0 Å². The molecule has 26 heavy (non-hydrogen) atoms. The Kier molecular flexibility index (Phi) is 4.40. The molecule has 5 rings (SSSR count). The summed E-state index contributed by atoms with van der Waals surface area (Å²) in [6.07, 6.45) is 10.5. The summed E-state index contributed by atoms with van der Waals surface area (Å²) in [4.78, 5) is 17.6. The van der Waals surface area contributed by atoms with Gasteiger partial charge in [-0.2, -0.15) is 0 Å². The number of anilines is 1. The van der Waals surface area contributed by atoms with Gasteiger partial charge in [0.25, 0.3) is 0 Å². The Morgan fingerprint density at radius 2 is 1.54 bits per heavy atom. The summed E-state index contributed by atoms with van der Waals surface area (Å²) in [6, 6.07) is 2.49. The zero-order valence-corrected chi connectivity index (χ0v) is 16.5. The van der Waals surface area contributed by atoms with Crippen LogP contribution in [0.15, 0.2) is 0 Å². The van der Waals surface area contributed by atoms with Crippen molar-refractivity contribution in [3.8, 4) is 0 Å². The van der Waals surface area contributed by atoms with Crippen LogP contribution in [0.5, 0.6) is 0 Å². The zero-order chi connectivity index (χ0) is 17.7. The van der Waals surface area contributed by atoms with E-state index in [-0.39, 0.29) is 0 Å². The lowest BCUT2D eigenvalue weighted by Crippen LogP contribution is -2.55. The van der Waals surface area contributed by atoms with Gasteiger partial charge in [-0.25, -0.2) is 9.97 Å². The van der Waals surface area contributed by atoms with E-state index < -0.39 is 0 Å². The Morgan fingerprint density at radius 1 is 0.846 bits per heavy atom.